The van der Waals surface area contributed by atoms with E-state index in [0.29, 0.717) is 19.3 Å². The fraction of sp³-hybridized carbons (Fsp3) is 0.917. The Labute approximate surface area is 511 Å². The van der Waals surface area contributed by atoms with Crippen LogP contribution >= 0.6 is 0 Å². The average molecular weight is 1180 g/mol. The first-order valence-corrected chi connectivity index (χ1v) is 36.1. The first kappa shape index (κ1) is 79.2. The minimum Gasteiger partial charge on any atom is -0.454 e. The molecule has 0 aromatic rings. The van der Waals surface area contributed by atoms with Gasteiger partial charge in [0.15, 0.2) is 12.4 Å². The van der Waals surface area contributed by atoms with Crippen molar-refractivity contribution in [3.63, 3.8) is 0 Å². The molecule has 0 radical (unpaired) electrons. The van der Waals surface area contributed by atoms with Crippen molar-refractivity contribution in [3.8, 4) is 0 Å². The molecule has 11 heteroatoms. The van der Waals surface area contributed by atoms with Crippen molar-refractivity contribution in [3.05, 3.63) is 24.3 Å². The molecule has 0 spiro atoms. The minimum atomic E-state index is -1.61. The van der Waals surface area contributed by atoms with Crippen molar-refractivity contribution in [2.75, 3.05) is 13.2 Å². The Morgan fingerprint density at radius 3 is 1.17 bits per heavy atom. The summed E-state index contributed by atoms with van der Waals surface area (Å²) in [5.74, 6) is -1.18. The molecular weight excluding hydrogens is 1040 g/mol. The number of hydrogen-bond acceptors (Lipinski definition) is 10. The maximum Gasteiger partial charge on any atom is 0.306 e. The second-order valence-electron chi connectivity index (χ2n) is 25.3. The van der Waals surface area contributed by atoms with Gasteiger partial charge in [0.05, 0.1) is 25.4 Å². The predicted octanol–water partition coefficient (Wildman–Crippen LogP) is 18.4. The maximum atomic E-state index is 13.5. The highest BCUT2D eigenvalue weighted by Crippen LogP contribution is 2.26. The van der Waals surface area contributed by atoms with Crippen LogP contribution in [0.1, 0.15) is 361 Å². The van der Waals surface area contributed by atoms with Crippen LogP contribution in [0.2, 0.25) is 0 Å². The Balaban J connectivity index is 2.58. The number of carbonyl (C=O) groups excluding carboxylic acids is 2. The lowest BCUT2D eigenvalue weighted by molar-refractivity contribution is -0.305. The van der Waals surface area contributed by atoms with Crippen molar-refractivity contribution >= 4 is 11.9 Å². The van der Waals surface area contributed by atoms with Gasteiger partial charge < -0.3 is 45.1 Å². The highest BCUT2D eigenvalue weighted by Gasteiger charge is 2.47. The molecule has 1 saturated heterocycles. The molecule has 6 N–H and O–H groups in total. The zero-order valence-electron chi connectivity index (χ0n) is 54.6. The summed E-state index contributed by atoms with van der Waals surface area (Å²) in [7, 11) is 0. The number of unbranched alkanes of at least 4 members (excludes halogenated alkanes) is 47. The highest BCUT2D eigenvalue weighted by atomic mass is 16.7. The van der Waals surface area contributed by atoms with Crippen LogP contribution in [-0.4, -0.2) is 99.6 Å². The van der Waals surface area contributed by atoms with Gasteiger partial charge in [-0.2, -0.15) is 0 Å². The van der Waals surface area contributed by atoms with Gasteiger partial charge in [0.1, 0.15) is 24.4 Å². The second-order valence-corrected chi connectivity index (χ2v) is 25.3. The van der Waals surface area contributed by atoms with E-state index in [0.717, 1.165) is 57.8 Å². The van der Waals surface area contributed by atoms with E-state index in [4.69, 9.17) is 14.2 Å². The number of allylic oxidation sites excluding steroid dienone is 3. The molecule has 1 aliphatic heterocycles. The molecule has 1 fully saturated rings. The Morgan fingerprint density at radius 1 is 0.458 bits per heavy atom. The molecule has 1 rings (SSSR count). The van der Waals surface area contributed by atoms with Gasteiger partial charge in [0.25, 0.3) is 0 Å². The number of aliphatic hydroxyl groups excluding tert-OH is 5. The SMILES string of the molecule is CCCCCCCC/C=C/CCCCCCCCCCCC(=O)OC1C(OCC(NC(=O)C(O)CCCCCCCCCCCCCCCCCCCCCCCC)C(O)/C=C/CCCCCCCCCCCCC)OC(CO)C(O)C1O. The fourth-order valence-corrected chi connectivity index (χ4v) is 11.7. The third kappa shape index (κ3) is 47.8. The van der Waals surface area contributed by atoms with E-state index in [1.165, 1.54) is 257 Å². The Morgan fingerprint density at radius 2 is 0.795 bits per heavy atom. The Bertz CT molecular complexity index is 1450. The van der Waals surface area contributed by atoms with Gasteiger partial charge in [0, 0.05) is 6.42 Å². The molecular formula is C72H137NO10. The summed E-state index contributed by atoms with van der Waals surface area (Å²) in [6, 6.07) is -1.02. The number of amides is 1. The third-order valence-electron chi connectivity index (χ3n) is 17.4. The van der Waals surface area contributed by atoms with Gasteiger partial charge in [0.2, 0.25) is 5.91 Å². The van der Waals surface area contributed by atoms with E-state index in [1.807, 2.05) is 6.08 Å². The van der Waals surface area contributed by atoms with Crippen LogP contribution in [0.5, 0.6) is 0 Å². The molecule has 0 aromatic heterocycles. The van der Waals surface area contributed by atoms with E-state index in [-0.39, 0.29) is 13.0 Å². The summed E-state index contributed by atoms with van der Waals surface area (Å²) in [5.41, 5.74) is 0. The molecule has 8 atom stereocenters. The van der Waals surface area contributed by atoms with Crippen LogP contribution in [0.3, 0.4) is 0 Å². The fourth-order valence-electron chi connectivity index (χ4n) is 11.7. The number of esters is 1. The van der Waals surface area contributed by atoms with Crippen molar-refractivity contribution in [1.82, 2.24) is 5.32 Å². The standard InChI is InChI=1S/C72H137NO10/c1-4-7-10-13-16-19-22-25-27-29-31-32-33-35-36-38-41-44-47-50-53-56-59-65(76)71(80)73-63(64(75)58-55-52-49-46-43-40-24-21-18-15-12-9-6-3)62-81-72-70(69(79)68(78)66(61-74)82-72)83-67(77)60-57-54-51-48-45-42-39-37-34-30-28-26-23-20-17-14-11-8-5-2/h26,28,55,58,63-66,68-70,72,74-76,78-79H,4-25,27,29-54,56-57,59-62H2,1-3H3,(H,73,80)/b28-26+,58-55+. The lowest BCUT2D eigenvalue weighted by Crippen LogP contribution is -2.61. The number of ether oxygens (including phenoxy) is 3. The van der Waals surface area contributed by atoms with Crippen LogP contribution in [0, 0.1) is 0 Å². The van der Waals surface area contributed by atoms with E-state index >= 15 is 0 Å². The van der Waals surface area contributed by atoms with Gasteiger partial charge >= 0.3 is 5.97 Å². The first-order chi connectivity index (χ1) is 40.7. The molecule has 0 aliphatic carbocycles. The first-order valence-electron chi connectivity index (χ1n) is 36.1. The highest BCUT2D eigenvalue weighted by molar-refractivity contribution is 5.80. The van der Waals surface area contributed by atoms with Crippen molar-refractivity contribution in [1.29, 1.82) is 0 Å². The molecule has 0 saturated carbocycles. The summed E-state index contributed by atoms with van der Waals surface area (Å²) < 4.78 is 17.7. The zero-order valence-corrected chi connectivity index (χ0v) is 54.6. The largest absolute Gasteiger partial charge is 0.454 e. The maximum absolute atomic E-state index is 13.5. The Kier molecular flexibility index (Phi) is 57.6. The molecule has 0 bridgehead atoms. The van der Waals surface area contributed by atoms with Crippen LogP contribution in [0.25, 0.3) is 0 Å². The minimum absolute atomic E-state index is 0.126. The van der Waals surface area contributed by atoms with Gasteiger partial charge in [-0.05, 0) is 51.4 Å². The molecule has 0 aromatic carbocycles. The number of aliphatic hydroxyl groups is 5. The second kappa shape index (κ2) is 60.4. The monoisotopic (exact) mass is 1180 g/mol. The van der Waals surface area contributed by atoms with Gasteiger partial charge in [-0.25, -0.2) is 0 Å². The van der Waals surface area contributed by atoms with E-state index in [1.54, 1.807) is 6.08 Å². The molecule has 83 heavy (non-hydrogen) atoms. The van der Waals surface area contributed by atoms with Crippen molar-refractivity contribution in [2.24, 2.45) is 0 Å². The lowest BCUT2D eigenvalue weighted by atomic mass is 9.99. The average Bonchev–Trinajstić information content (AvgIpc) is 3.58. The van der Waals surface area contributed by atoms with E-state index in [9.17, 15) is 35.1 Å². The zero-order chi connectivity index (χ0) is 60.3. The van der Waals surface area contributed by atoms with Crippen LogP contribution < -0.4 is 5.32 Å². The Hall–Kier alpha value is -1.86. The smallest absolute Gasteiger partial charge is 0.306 e. The molecule has 1 heterocycles. The summed E-state index contributed by atoms with van der Waals surface area (Å²) in [5, 5.41) is 57.3. The van der Waals surface area contributed by atoms with Crippen molar-refractivity contribution < 1.29 is 49.3 Å². The van der Waals surface area contributed by atoms with Gasteiger partial charge in [-0.15, -0.1) is 0 Å². The third-order valence-corrected chi connectivity index (χ3v) is 17.4. The quantitative estimate of drug-likeness (QED) is 0.0195. The number of hydrogen-bond donors (Lipinski definition) is 6. The summed E-state index contributed by atoms with van der Waals surface area (Å²) >= 11 is 0. The van der Waals surface area contributed by atoms with Gasteiger partial charge in [-0.3, -0.25) is 9.59 Å². The number of carbonyl (C=O) groups is 2. The molecule has 1 aliphatic rings. The van der Waals surface area contributed by atoms with Crippen LogP contribution in [-0.2, 0) is 23.8 Å². The van der Waals surface area contributed by atoms with Crippen molar-refractivity contribution in [2.45, 2.75) is 410 Å². The lowest BCUT2D eigenvalue weighted by Gasteiger charge is -2.41. The summed E-state index contributed by atoms with van der Waals surface area (Å²) in [4.78, 5) is 26.7. The van der Waals surface area contributed by atoms with Gasteiger partial charge in [-0.1, -0.05) is 328 Å². The molecule has 11 nitrogen and oxygen atoms in total. The molecule has 8 unspecified atom stereocenters. The summed E-state index contributed by atoms with van der Waals surface area (Å²) in [6.07, 6.45) is 62.2. The summed E-state index contributed by atoms with van der Waals surface area (Å²) in [6.45, 7) is 5.85. The molecule has 1 amide bonds. The predicted molar refractivity (Wildman–Crippen MR) is 348 cm³/mol. The van der Waals surface area contributed by atoms with Crippen LogP contribution in [0.15, 0.2) is 24.3 Å². The van der Waals surface area contributed by atoms with E-state index in [2.05, 4.69) is 38.2 Å². The normalized spacial score (nSPS) is 18.6. The number of nitrogens with one attached hydrogen (secondary N) is 1. The topological polar surface area (TPSA) is 175 Å². The molecule has 490 valence electrons. The van der Waals surface area contributed by atoms with E-state index < -0.39 is 67.4 Å². The van der Waals surface area contributed by atoms with Crippen LogP contribution in [0.4, 0.5) is 0 Å². The number of rotatable bonds is 63.